The highest BCUT2D eigenvalue weighted by atomic mass is 16.5. The number of allylic oxidation sites excluding steroid dienone is 1. The van der Waals surface area contributed by atoms with Crippen LogP contribution in [0.2, 0.25) is 0 Å². The van der Waals surface area contributed by atoms with Crippen molar-refractivity contribution in [1.29, 1.82) is 0 Å². The highest BCUT2D eigenvalue weighted by Crippen LogP contribution is 2.33. The zero-order chi connectivity index (χ0) is 15.6. The first-order valence-electron chi connectivity index (χ1n) is 6.61. The molecule has 0 unspecified atom stereocenters. The number of nitrogen functional groups attached to an aromatic ring is 1. The molecule has 0 atom stereocenters. The Balaban J connectivity index is 2.69. The van der Waals surface area contributed by atoms with Crippen LogP contribution in [0.4, 0.5) is 5.82 Å². The second-order valence-electron chi connectivity index (χ2n) is 4.87. The molecule has 1 aromatic heterocycles. The number of hydrogen-bond donors (Lipinski definition) is 1. The van der Waals surface area contributed by atoms with Gasteiger partial charge in [0.2, 0.25) is 0 Å². The number of carbonyl (C=O) groups excluding carboxylic acids is 1. The summed E-state index contributed by atoms with van der Waals surface area (Å²) in [6.07, 6.45) is 2.44. The minimum Gasteiger partial charge on any atom is -0.497 e. The van der Waals surface area contributed by atoms with Gasteiger partial charge in [-0.15, -0.1) is 6.58 Å². The summed E-state index contributed by atoms with van der Waals surface area (Å²) < 4.78 is 6.84. The molecular formula is C16H19N3O2. The van der Waals surface area contributed by atoms with E-state index in [1.807, 2.05) is 26.0 Å². The van der Waals surface area contributed by atoms with Crippen LogP contribution >= 0.6 is 0 Å². The maximum atomic E-state index is 11.4. The normalized spacial score (nSPS) is 10.4. The fraction of sp³-hybridized carbons (Fsp3) is 0.250. The number of ether oxygens (including phenoxy) is 1. The highest BCUT2D eigenvalue weighted by molar-refractivity contribution is 5.93. The van der Waals surface area contributed by atoms with Crippen molar-refractivity contribution in [3.8, 4) is 17.0 Å². The number of nitrogens with two attached hydrogens (primary N) is 1. The predicted molar refractivity (Wildman–Crippen MR) is 83.7 cm³/mol. The molecular weight excluding hydrogens is 266 g/mol. The standard InChI is InChI=1S/C16H19N3O2/c1-5-6-19-16(17)13(9-20)15(18-19)14-10(2)7-12(21-4)8-11(14)3/h5,7-9H,1,6,17H2,2-4H3. The molecule has 0 amide bonds. The maximum Gasteiger partial charge on any atom is 0.156 e. The Labute approximate surface area is 124 Å². The monoisotopic (exact) mass is 285 g/mol. The molecule has 5 nitrogen and oxygen atoms in total. The van der Waals surface area contributed by atoms with E-state index in [1.54, 1.807) is 17.9 Å². The molecule has 2 rings (SSSR count). The molecule has 5 heteroatoms. The molecule has 0 radical (unpaired) electrons. The van der Waals surface area contributed by atoms with Gasteiger partial charge in [0.05, 0.1) is 19.2 Å². The summed E-state index contributed by atoms with van der Waals surface area (Å²) in [4.78, 5) is 11.4. The second-order valence-corrected chi connectivity index (χ2v) is 4.87. The molecule has 0 fully saturated rings. The molecule has 1 aromatic carbocycles. The first kappa shape index (κ1) is 14.8. The van der Waals surface area contributed by atoms with E-state index in [1.165, 1.54) is 0 Å². The van der Waals surface area contributed by atoms with E-state index in [0.717, 1.165) is 28.7 Å². The summed E-state index contributed by atoms with van der Waals surface area (Å²) in [7, 11) is 1.63. The van der Waals surface area contributed by atoms with Crippen LogP contribution < -0.4 is 10.5 Å². The molecule has 0 saturated heterocycles. The van der Waals surface area contributed by atoms with E-state index in [4.69, 9.17) is 10.5 Å². The van der Waals surface area contributed by atoms with Crippen molar-refractivity contribution < 1.29 is 9.53 Å². The number of anilines is 1. The molecule has 0 aliphatic carbocycles. The quantitative estimate of drug-likeness (QED) is 0.677. The van der Waals surface area contributed by atoms with E-state index in [9.17, 15) is 4.79 Å². The van der Waals surface area contributed by atoms with Gasteiger partial charge in [-0.1, -0.05) is 6.08 Å². The van der Waals surface area contributed by atoms with Gasteiger partial charge in [-0.3, -0.25) is 4.79 Å². The third kappa shape index (κ3) is 2.54. The van der Waals surface area contributed by atoms with Gasteiger partial charge in [0.15, 0.2) is 6.29 Å². The van der Waals surface area contributed by atoms with Crippen molar-refractivity contribution >= 4 is 12.1 Å². The third-order valence-electron chi connectivity index (χ3n) is 3.43. The van der Waals surface area contributed by atoms with Gasteiger partial charge in [0.25, 0.3) is 0 Å². The lowest BCUT2D eigenvalue weighted by Crippen LogP contribution is -2.03. The predicted octanol–water partition coefficient (Wildman–Crippen LogP) is 2.76. The number of hydrogen-bond acceptors (Lipinski definition) is 4. The van der Waals surface area contributed by atoms with Crippen molar-refractivity contribution in [3.63, 3.8) is 0 Å². The molecule has 2 N–H and O–H groups in total. The van der Waals surface area contributed by atoms with E-state index in [0.29, 0.717) is 23.6 Å². The number of carbonyl (C=O) groups is 1. The first-order valence-corrected chi connectivity index (χ1v) is 6.61. The Morgan fingerprint density at radius 2 is 2.00 bits per heavy atom. The largest absolute Gasteiger partial charge is 0.497 e. The van der Waals surface area contributed by atoms with Crippen LogP contribution in [-0.2, 0) is 6.54 Å². The van der Waals surface area contributed by atoms with Crippen LogP contribution in [0.3, 0.4) is 0 Å². The van der Waals surface area contributed by atoms with E-state index < -0.39 is 0 Å². The topological polar surface area (TPSA) is 70.1 Å². The average molecular weight is 285 g/mol. The molecule has 0 bridgehead atoms. The number of aldehydes is 1. The Bertz CT molecular complexity index is 679. The lowest BCUT2D eigenvalue weighted by molar-refractivity contribution is 0.112. The first-order chi connectivity index (χ1) is 10.0. The lowest BCUT2D eigenvalue weighted by Gasteiger charge is -2.10. The number of nitrogens with zero attached hydrogens (tertiary/aromatic N) is 2. The Hall–Kier alpha value is -2.56. The van der Waals surface area contributed by atoms with Crippen LogP contribution in [0.15, 0.2) is 24.8 Å². The number of aromatic nitrogens is 2. The van der Waals surface area contributed by atoms with Crippen molar-refractivity contribution in [3.05, 3.63) is 41.5 Å². The second kappa shape index (κ2) is 5.83. The number of methoxy groups -OCH3 is 1. The van der Waals surface area contributed by atoms with Gasteiger partial charge >= 0.3 is 0 Å². The van der Waals surface area contributed by atoms with Gasteiger partial charge in [-0.2, -0.15) is 5.10 Å². The zero-order valence-electron chi connectivity index (χ0n) is 12.5. The van der Waals surface area contributed by atoms with Crippen LogP contribution in [-0.4, -0.2) is 23.2 Å². The highest BCUT2D eigenvalue weighted by Gasteiger charge is 2.19. The molecule has 0 aliphatic heterocycles. The van der Waals surface area contributed by atoms with Gasteiger partial charge in [-0.05, 0) is 37.1 Å². The van der Waals surface area contributed by atoms with Gasteiger partial charge in [-0.25, -0.2) is 4.68 Å². The molecule has 0 saturated carbocycles. The van der Waals surface area contributed by atoms with Crippen LogP contribution in [0.5, 0.6) is 5.75 Å². The summed E-state index contributed by atoms with van der Waals surface area (Å²) in [5.41, 5.74) is 9.88. The Morgan fingerprint density at radius 1 is 1.38 bits per heavy atom. The van der Waals surface area contributed by atoms with Gasteiger partial charge in [0.1, 0.15) is 17.3 Å². The minimum absolute atomic E-state index is 0.356. The lowest BCUT2D eigenvalue weighted by atomic mass is 9.97. The molecule has 0 aliphatic rings. The summed E-state index contributed by atoms with van der Waals surface area (Å²) in [5, 5.41) is 4.47. The third-order valence-corrected chi connectivity index (χ3v) is 3.43. The average Bonchev–Trinajstić information content (AvgIpc) is 2.75. The molecule has 2 aromatic rings. The van der Waals surface area contributed by atoms with Crippen LogP contribution in [0.1, 0.15) is 21.5 Å². The van der Waals surface area contributed by atoms with Crippen molar-refractivity contribution in [2.45, 2.75) is 20.4 Å². The van der Waals surface area contributed by atoms with Crippen LogP contribution in [0.25, 0.3) is 11.3 Å². The maximum absolute atomic E-state index is 11.4. The fourth-order valence-electron chi connectivity index (χ4n) is 2.47. The molecule has 1 heterocycles. The smallest absolute Gasteiger partial charge is 0.156 e. The Morgan fingerprint density at radius 3 is 2.48 bits per heavy atom. The Kier molecular flexibility index (Phi) is 4.12. The summed E-state index contributed by atoms with van der Waals surface area (Å²) >= 11 is 0. The van der Waals surface area contributed by atoms with Crippen molar-refractivity contribution in [2.24, 2.45) is 0 Å². The molecule has 0 spiro atoms. The van der Waals surface area contributed by atoms with E-state index in [-0.39, 0.29) is 0 Å². The number of aryl methyl sites for hydroxylation is 2. The van der Waals surface area contributed by atoms with E-state index >= 15 is 0 Å². The summed E-state index contributed by atoms with van der Waals surface area (Å²) in [6, 6.07) is 3.83. The molecule has 21 heavy (non-hydrogen) atoms. The fourth-order valence-corrected chi connectivity index (χ4v) is 2.47. The van der Waals surface area contributed by atoms with Crippen LogP contribution in [0, 0.1) is 13.8 Å². The number of benzene rings is 1. The van der Waals surface area contributed by atoms with Crippen molar-refractivity contribution in [2.75, 3.05) is 12.8 Å². The number of rotatable bonds is 5. The summed E-state index contributed by atoms with van der Waals surface area (Å²) in [5.74, 6) is 1.13. The summed E-state index contributed by atoms with van der Waals surface area (Å²) in [6.45, 7) is 8.05. The van der Waals surface area contributed by atoms with Crippen molar-refractivity contribution in [1.82, 2.24) is 9.78 Å². The van der Waals surface area contributed by atoms with Gasteiger partial charge < -0.3 is 10.5 Å². The molecule has 110 valence electrons. The zero-order valence-corrected chi connectivity index (χ0v) is 12.5. The van der Waals surface area contributed by atoms with Gasteiger partial charge in [0, 0.05) is 5.56 Å². The SMILES string of the molecule is C=CCn1nc(-c2c(C)cc(OC)cc2C)c(C=O)c1N. The van der Waals surface area contributed by atoms with E-state index in [2.05, 4.69) is 11.7 Å². The minimum atomic E-state index is 0.356.